The number of benzene rings is 2. The van der Waals surface area contributed by atoms with Crippen LogP contribution in [-0.4, -0.2) is 31.2 Å². The Bertz CT molecular complexity index is 1150. The number of hydrogen-bond donors (Lipinski definition) is 1. The zero-order valence-electron chi connectivity index (χ0n) is 18.5. The first-order valence-corrected chi connectivity index (χ1v) is 11.2. The Kier molecular flexibility index (Phi) is 8.11. The van der Waals surface area contributed by atoms with Gasteiger partial charge in [0.05, 0.1) is 41.0 Å². The molecule has 6 nitrogen and oxygen atoms in total. The van der Waals surface area contributed by atoms with E-state index in [1.165, 1.54) is 17.8 Å². The van der Waals surface area contributed by atoms with Gasteiger partial charge in [-0.1, -0.05) is 54.7 Å². The lowest BCUT2D eigenvalue weighted by Gasteiger charge is -2.29. The molecule has 1 heterocycles. The summed E-state index contributed by atoms with van der Waals surface area (Å²) in [7, 11) is 1.57. The molecule has 0 aromatic heterocycles. The Balaban J connectivity index is 1.91. The van der Waals surface area contributed by atoms with E-state index in [1.54, 1.807) is 38.3 Å². The number of nitrogens with one attached hydrogen (secondary N) is 1. The summed E-state index contributed by atoms with van der Waals surface area (Å²) in [6.45, 7) is 5.41. The highest BCUT2D eigenvalue weighted by Gasteiger charge is 2.35. The highest BCUT2D eigenvalue weighted by Crippen LogP contribution is 2.41. The number of nitriles is 1. The van der Waals surface area contributed by atoms with Crippen molar-refractivity contribution in [2.45, 2.75) is 12.8 Å². The van der Waals surface area contributed by atoms with E-state index in [9.17, 15) is 14.9 Å². The number of nitrogens with zero attached hydrogens (tertiary/aromatic N) is 1. The molecular formula is C26H24N2O4S. The summed E-state index contributed by atoms with van der Waals surface area (Å²) < 4.78 is 10.4. The van der Waals surface area contributed by atoms with Crippen LogP contribution in [0.15, 0.2) is 89.1 Å². The van der Waals surface area contributed by atoms with Crippen molar-refractivity contribution >= 4 is 23.5 Å². The molecule has 0 saturated carbocycles. The molecule has 0 radical (unpaired) electrons. The molecule has 1 aliphatic rings. The van der Waals surface area contributed by atoms with Gasteiger partial charge in [-0.25, -0.2) is 4.79 Å². The van der Waals surface area contributed by atoms with Crippen molar-refractivity contribution in [3.63, 3.8) is 0 Å². The van der Waals surface area contributed by atoms with E-state index >= 15 is 0 Å². The van der Waals surface area contributed by atoms with E-state index in [4.69, 9.17) is 9.47 Å². The maximum atomic E-state index is 12.9. The molecule has 1 unspecified atom stereocenters. The summed E-state index contributed by atoms with van der Waals surface area (Å²) in [5.74, 6) is -0.397. The average Bonchev–Trinajstić information content (AvgIpc) is 2.85. The molecule has 1 aliphatic heterocycles. The van der Waals surface area contributed by atoms with E-state index in [0.29, 0.717) is 33.2 Å². The number of ether oxygens (including phenoxy) is 2. The number of carbonyl (C=O) groups is 2. The summed E-state index contributed by atoms with van der Waals surface area (Å²) in [6, 6.07) is 18.4. The molecule has 0 bridgehead atoms. The van der Waals surface area contributed by atoms with Crippen molar-refractivity contribution in [2.75, 3.05) is 19.5 Å². The predicted molar refractivity (Wildman–Crippen MR) is 129 cm³/mol. The first-order chi connectivity index (χ1) is 16.0. The number of methoxy groups -OCH3 is 1. The number of dihydropyridines is 1. The van der Waals surface area contributed by atoms with Gasteiger partial charge in [0.15, 0.2) is 5.78 Å². The molecule has 2 aromatic rings. The molecule has 0 saturated heterocycles. The topological polar surface area (TPSA) is 88.4 Å². The van der Waals surface area contributed by atoms with Crippen LogP contribution in [0.4, 0.5) is 0 Å². The molecule has 1 N–H and O–H groups in total. The van der Waals surface area contributed by atoms with Gasteiger partial charge in [-0.15, -0.1) is 0 Å². The van der Waals surface area contributed by atoms with Gasteiger partial charge < -0.3 is 14.8 Å². The number of allylic oxidation sites excluding steroid dienone is 2. The third kappa shape index (κ3) is 5.54. The standard InChI is InChI=1S/C26H24N2O4S/c1-4-14-32-26(30)23-17(2)28-25(21(15-27)24(23)19-8-6-5-7-9-19)33-16-22(29)18-10-12-20(31-3)13-11-18/h4-13,24,28H,1,14,16H2,2-3H3. The summed E-state index contributed by atoms with van der Waals surface area (Å²) >= 11 is 1.24. The molecule has 7 heteroatoms. The fourth-order valence-corrected chi connectivity index (χ4v) is 4.47. The van der Waals surface area contributed by atoms with Crippen molar-refractivity contribution in [2.24, 2.45) is 0 Å². The van der Waals surface area contributed by atoms with E-state index in [2.05, 4.69) is 18.0 Å². The van der Waals surface area contributed by atoms with Crippen LogP contribution in [0.25, 0.3) is 0 Å². The number of Topliss-reactive ketones (excluding diaryl/α,β-unsaturated/α-hetero) is 1. The van der Waals surface area contributed by atoms with Gasteiger partial charge in [-0.2, -0.15) is 5.26 Å². The van der Waals surface area contributed by atoms with E-state index in [-0.39, 0.29) is 18.1 Å². The lowest BCUT2D eigenvalue weighted by Crippen LogP contribution is -2.29. The summed E-state index contributed by atoms with van der Waals surface area (Å²) in [6.07, 6.45) is 1.49. The fourth-order valence-electron chi connectivity index (χ4n) is 3.49. The van der Waals surface area contributed by atoms with E-state index < -0.39 is 11.9 Å². The van der Waals surface area contributed by atoms with Gasteiger partial charge in [-0.3, -0.25) is 4.79 Å². The van der Waals surface area contributed by atoms with E-state index in [1.807, 2.05) is 30.3 Å². The number of rotatable bonds is 9. The molecular weight excluding hydrogens is 436 g/mol. The van der Waals surface area contributed by atoms with Crippen LogP contribution >= 0.6 is 11.8 Å². The van der Waals surface area contributed by atoms with Crippen LogP contribution < -0.4 is 10.1 Å². The smallest absolute Gasteiger partial charge is 0.337 e. The highest BCUT2D eigenvalue weighted by atomic mass is 32.2. The van der Waals surface area contributed by atoms with Gasteiger partial charge in [0.25, 0.3) is 0 Å². The second-order valence-electron chi connectivity index (χ2n) is 7.19. The number of esters is 1. The molecule has 3 rings (SSSR count). The number of hydrogen-bond acceptors (Lipinski definition) is 7. The van der Waals surface area contributed by atoms with Crippen LogP contribution in [0.1, 0.15) is 28.8 Å². The highest BCUT2D eigenvalue weighted by molar-refractivity contribution is 8.03. The largest absolute Gasteiger partial charge is 0.497 e. The lowest BCUT2D eigenvalue weighted by atomic mass is 9.82. The minimum atomic E-state index is -0.603. The van der Waals surface area contributed by atoms with Gasteiger partial charge in [0, 0.05) is 11.3 Å². The second-order valence-corrected chi connectivity index (χ2v) is 8.18. The molecule has 2 aromatic carbocycles. The quantitative estimate of drug-likeness (QED) is 0.329. The minimum Gasteiger partial charge on any atom is -0.497 e. The minimum absolute atomic E-state index is 0.0701. The Labute approximate surface area is 197 Å². The molecule has 33 heavy (non-hydrogen) atoms. The predicted octanol–water partition coefficient (Wildman–Crippen LogP) is 4.74. The molecule has 1 atom stereocenters. The van der Waals surface area contributed by atoms with Gasteiger partial charge >= 0.3 is 5.97 Å². The second kappa shape index (κ2) is 11.2. The normalized spacial score (nSPS) is 15.4. The zero-order valence-corrected chi connectivity index (χ0v) is 19.3. The van der Waals surface area contributed by atoms with Crippen molar-refractivity contribution in [1.29, 1.82) is 5.26 Å². The Morgan fingerprint density at radius 1 is 1.18 bits per heavy atom. The van der Waals surface area contributed by atoms with Crippen LogP contribution in [-0.2, 0) is 9.53 Å². The van der Waals surface area contributed by atoms with Crippen molar-refractivity contribution < 1.29 is 19.1 Å². The summed E-state index contributed by atoms with van der Waals surface area (Å²) in [5.41, 5.74) is 2.66. The summed E-state index contributed by atoms with van der Waals surface area (Å²) in [5, 5.41) is 13.7. The fraction of sp³-hybridized carbons (Fsp3) is 0.192. The van der Waals surface area contributed by atoms with Crippen molar-refractivity contribution in [3.05, 3.63) is 100 Å². The number of ketones is 1. The first kappa shape index (κ1) is 23.9. The molecule has 0 amide bonds. The molecule has 0 fully saturated rings. The third-order valence-corrected chi connectivity index (χ3v) is 6.11. The number of thioether (sulfide) groups is 1. The van der Waals surface area contributed by atoms with Crippen LogP contribution in [0, 0.1) is 11.3 Å². The maximum absolute atomic E-state index is 12.9. The summed E-state index contributed by atoms with van der Waals surface area (Å²) in [4.78, 5) is 25.6. The van der Waals surface area contributed by atoms with Crippen molar-refractivity contribution in [1.82, 2.24) is 5.32 Å². The maximum Gasteiger partial charge on any atom is 0.337 e. The molecule has 0 aliphatic carbocycles. The first-order valence-electron chi connectivity index (χ1n) is 10.2. The van der Waals surface area contributed by atoms with Crippen LogP contribution in [0.3, 0.4) is 0 Å². The van der Waals surface area contributed by atoms with Crippen LogP contribution in [0.5, 0.6) is 5.75 Å². The van der Waals surface area contributed by atoms with E-state index in [0.717, 1.165) is 5.56 Å². The molecule has 0 spiro atoms. The lowest BCUT2D eigenvalue weighted by molar-refractivity contribution is -0.138. The molecule has 168 valence electrons. The Morgan fingerprint density at radius 3 is 2.48 bits per heavy atom. The van der Waals surface area contributed by atoms with Crippen LogP contribution in [0.2, 0.25) is 0 Å². The number of carbonyl (C=O) groups excluding carboxylic acids is 2. The third-order valence-electron chi connectivity index (χ3n) is 5.09. The average molecular weight is 461 g/mol. The monoisotopic (exact) mass is 460 g/mol. The zero-order chi connectivity index (χ0) is 23.8. The SMILES string of the molecule is C=CCOC(=O)C1=C(C)NC(SCC(=O)c2ccc(OC)cc2)=C(C#N)C1c1ccccc1. The van der Waals surface area contributed by atoms with Gasteiger partial charge in [0.1, 0.15) is 12.4 Å². The Hall–Kier alpha value is -3.76. The Morgan fingerprint density at radius 2 is 1.88 bits per heavy atom. The van der Waals surface area contributed by atoms with Crippen molar-refractivity contribution in [3.8, 4) is 11.8 Å². The van der Waals surface area contributed by atoms with Gasteiger partial charge in [-0.05, 0) is 36.8 Å². The van der Waals surface area contributed by atoms with Gasteiger partial charge in [0.2, 0.25) is 0 Å².